The van der Waals surface area contributed by atoms with E-state index in [1.165, 1.54) is 0 Å². The van der Waals surface area contributed by atoms with E-state index in [0.29, 0.717) is 12.6 Å². The van der Waals surface area contributed by atoms with Crippen molar-refractivity contribution in [2.75, 3.05) is 32.7 Å². The smallest absolute Gasteiger partial charge is 0.0411 e. The summed E-state index contributed by atoms with van der Waals surface area (Å²) in [5.41, 5.74) is 8.17. The topological polar surface area (TPSA) is 81.3 Å². The summed E-state index contributed by atoms with van der Waals surface area (Å²) in [7, 11) is 0. The molecule has 6 nitrogen and oxygen atoms in total. The van der Waals surface area contributed by atoms with Gasteiger partial charge in [0, 0.05) is 43.7 Å². The zero-order chi connectivity index (χ0) is 9.68. The van der Waals surface area contributed by atoms with Crippen molar-refractivity contribution < 1.29 is 0 Å². The number of nitrogens with zero attached hydrogens (tertiary/aromatic N) is 5. The molecule has 0 spiro atoms. The van der Waals surface area contributed by atoms with Crippen molar-refractivity contribution >= 4 is 0 Å². The number of nitrogens with two attached hydrogens (primary N) is 1. The van der Waals surface area contributed by atoms with Crippen molar-refractivity contribution in [1.82, 2.24) is 9.91 Å². The lowest BCUT2D eigenvalue weighted by atomic mass is 10.2. The molecule has 0 aromatic rings. The van der Waals surface area contributed by atoms with Gasteiger partial charge in [0.2, 0.25) is 0 Å². The van der Waals surface area contributed by atoms with Gasteiger partial charge in [-0.05, 0) is 12.5 Å². The molecule has 1 aliphatic heterocycles. The summed E-state index contributed by atoms with van der Waals surface area (Å²) in [6.07, 6.45) is 0. The van der Waals surface area contributed by atoms with Crippen molar-refractivity contribution in [2.45, 2.75) is 13.0 Å². The van der Waals surface area contributed by atoms with Crippen LogP contribution in [0.5, 0.6) is 0 Å². The Hall–Kier alpha value is -0.810. The minimum atomic E-state index is 0.324. The number of azide groups is 1. The second kappa shape index (κ2) is 5.04. The molecule has 0 bridgehead atoms. The number of hydrogen-bond donors (Lipinski definition) is 1. The summed E-state index contributed by atoms with van der Waals surface area (Å²) in [6, 6.07) is 0.324. The average molecular weight is 184 g/mol. The largest absolute Gasteiger partial charge is 0.298 e. The van der Waals surface area contributed by atoms with E-state index >= 15 is 0 Å². The summed E-state index contributed by atoms with van der Waals surface area (Å²) in [5, 5.41) is 5.38. The second-order valence-electron chi connectivity index (χ2n) is 3.33. The van der Waals surface area contributed by atoms with Gasteiger partial charge in [0.25, 0.3) is 0 Å². The molecule has 0 aliphatic carbocycles. The van der Waals surface area contributed by atoms with E-state index in [0.717, 1.165) is 26.2 Å². The second-order valence-corrected chi connectivity index (χ2v) is 3.33. The van der Waals surface area contributed by atoms with Crippen LogP contribution in [-0.4, -0.2) is 48.7 Å². The van der Waals surface area contributed by atoms with Crippen LogP contribution < -0.4 is 5.84 Å². The first kappa shape index (κ1) is 10.3. The van der Waals surface area contributed by atoms with Crippen LogP contribution in [0.3, 0.4) is 0 Å². The average Bonchev–Trinajstić information content (AvgIpc) is 2.15. The lowest BCUT2D eigenvalue weighted by Crippen LogP contribution is -2.52. The summed E-state index contributed by atoms with van der Waals surface area (Å²) < 4.78 is 0. The van der Waals surface area contributed by atoms with E-state index in [4.69, 9.17) is 11.4 Å². The van der Waals surface area contributed by atoms with Gasteiger partial charge in [0.05, 0.1) is 0 Å². The molecule has 1 fully saturated rings. The van der Waals surface area contributed by atoms with E-state index < -0.39 is 0 Å². The highest BCUT2D eigenvalue weighted by atomic mass is 15.4. The fourth-order valence-electron chi connectivity index (χ4n) is 1.45. The Balaban J connectivity index is 2.30. The molecular weight excluding hydrogens is 168 g/mol. The SMILES string of the molecule is CC(CN=[N+]=[N-])N1CCN(N)CC1. The van der Waals surface area contributed by atoms with Crippen LogP contribution in [0.1, 0.15) is 6.92 Å². The van der Waals surface area contributed by atoms with Gasteiger partial charge in [0.1, 0.15) is 0 Å². The van der Waals surface area contributed by atoms with Gasteiger partial charge >= 0.3 is 0 Å². The van der Waals surface area contributed by atoms with Gasteiger partial charge in [-0.15, -0.1) is 0 Å². The zero-order valence-corrected chi connectivity index (χ0v) is 7.93. The highest BCUT2D eigenvalue weighted by Gasteiger charge is 2.18. The molecular formula is C7H16N6. The Labute approximate surface area is 77.9 Å². The van der Waals surface area contributed by atoms with Gasteiger partial charge in [-0.3, -0.25) is 10.7 Å². The van der Waals surface area contributed by atoms with Crippen LogP contribution in [0.15, 0.2) is 5.11 Å². The van der Waals surface area contributed by atoms with Crippen molar-refractivity contribution in [2.24, 2.45) is 11.0 Å². The first-order valence-electron chi connectivity index (χ1n) is 4.48. The fraction of sp³-hybridized carbons (Fsp3) is 1.00. The minimum Gasteiger partial charge on any atom is -0.298 e. The molecule has 6 heteroatoms. The molecule has 0 aromatic carbocycles. The van der Waals surface area contributed by atoms with Crippen molar-refractivity contribution in [3.8, 4) is 0 Å². The molecule has 0 aromatic heterocycles. The highest BCUT2D eigenvalue weighted by molar-refractivity contribution is 4.75. The molecule has 0 saturated carbocycles. The number of piperazine rings is 1. The zero-order valence-electron chi connectivity index (χ0n) is 7.93. The molecule has 1 aliphatic rings. The van der Waals surface area contributed by atoms with Crippen LogP contribution in [0, 0.1) is 0 Å². The van der Waals surface area contributed by atoms with Crippen LogP contribution >= 0.6 is 0 Å². The van der Waals surface area contributed by atoms with E-state index in [2.05, 4.69) is 21.8 Å². The Bertz CT molecular complexity index is 191. The summed E-state index contributed by atoms with van der Waals surface area (Å²) in [5.74, 6) is 5.62. The monoisotopic (exact) mass is 184 g/mol. The quantitative estimate of drug-likeness (QED) is 0.294. The first-order chi connectivity index (χ1) is 6.24. The third kappa shape index (κ3) is 3.20. The molecule has 1 rings (SSSR count). The standard InChI is InChI=1S/C7H16N6/c1-7(6-10-11-8)12-2-4-13(9)5-3-12/h7H,2-6,9H2,1H3. The van der Waals surface area contributed by atoms with E-state index in [1.807, 2.05) is 5.01 Å². The lowest BCUT2D eigenvalue weighted by Gasteiger charge is -2.35. The van der Waals surface area contributed by atoms with Crippen LogP contribution in [0.4, 0.5) is 0 Å². The van der Waals surface area contributed by atoms with E-state index in [-0.39, 0.29) is 0 Å². The molecule has 0 radical (unpaired) electrons. The lowest BCUT2D eigenvalue weighted by molar-refractivity contribution is 0.106. The van der Waals surface area contributed by atoms with Crippen LogP contribution in [0.25, 0.3) is 10.4 Å². The molecule has 0 amide bonds. The highest BCUT2D eigenvalue weighted by Crippen LogP contribution is 2.03. The third-order valence-corrected chi connectivity index (χ3v) is 2.38. The van der Waals surface area contributed by atoms with Crippen molar-refractivity contribution in [3.63, 3.8) is 0 Å². The molecule has 1 saturated heterocycles. The predicted molar refractivity (Wildman–Crippen MR) is 50.8 cm³/mol. The molecule has 74 valence electrons. The molecule has 2 N–H and O–H groups in total. The molecule has 1 atom stereocenters. The summed E-state index contributed by atoms with van der Waals surface area (Å²) in [4.78, 5) is 5.04. The van der Waals surface area contributed by atoms with Gasteiger partial charge in [0.15, 0.2) is 0 Å². The maximum absolute atomic E-state index is 8.17. The molecule has 1 unspecified atom stereocenters. The maximum Gasteiger partial charge on any atom is 0.0411 e. The predicted octanol–water partition coefficient (Wildman–Crippen LogP) is 0.177. The molecule has 1 heterocycles. The first-order valence-corrected chi connectivity index (χ1v) is 4.48. The van der Waals surface area contributed by atoms with Gasteiger partial charge in [-0.1, -0.05) is 5.11 Å². The Morgan fingerprint density at radius 2 is 2.08 bits per heavy atom. The number of hydrogen-bond acceptors (Lipinski definition) is 4. The summed E-state index contributed by atoms with van der Waals surface area (Å²) in [6.45, 7) is 6.31. The Kier molecular flexibility index (Phi) is 3.98. The minimum absolute atomic E-state index is 0.324. The Morgan fingerprint density at radius 3 is 2.62 bits per heavy atom. The summed E-state index contributed by atoms with van der Waals surface area (Å²) >= 11 is 0. The van der Waals surface area contributed by atoms with Gasteiger partial charge < -0.3 is 0 Å². The molecule has 13 heavy (non-hydrogen) atoms. The third-order valence-electron chi connectivity index (χ3n) is 2.38. The maximum atomic E-state index is 8.17. The van der Waals surface area contributed by atoms with E-state index in [9.17, 15) is 0 Å². The van der Waals surface area contributed by atoms with Gasteiger partial charge in [-0.25, -0.2) is 5.01 Å². The Morgan fingerprint density at radius 1 is 1.46 bits per heavy atom. The van der Waals surface area contributed by atoms with Crippen LogP contribution in [0.2, 0.25) is 0 Å². The normalized spacial score (nSPS) is 22.3. The van der Waals surface area contributed by atoms with Crippen molar-refractivity contribution in [1.29, 1.82) is 0 Å². The van der Waals surface area contributed by atoms with Gasteiger partial charge in [-0.2, -0.15) is 0 Å². The van der Waals surface area contributed by atoms with E-state index in [1.54, 1.807) is 0 Å². The van der Waals surface area contributed by atoms with Crippen LogP contribution in [-0.2, 0) is 0 Å². The fourth-order valence-corrected chi connectivity index (χ4v) is 1.45. The van der Waals surface area contributed by atoms with Crippen molar-refractivity contribution in [3.05, 3.63) is 10.4 Å². The number of hydrazine groups is 1. The number of rotatable bonds is 3.